The lowest BCUT2D eigenvalue weighted by Crippen LogP contribution is -2.46. The zero-order valence-electron chi connectivity index (χ0n) is 13.5. The fourth-order valence-corrected chi connectivity index (χ4v) is 4.82. The molecule has 0 aliphatic carbocycles. The van der Waals surface area contributed by atoms with Crippen LogP contribution >= 0.6 is 11.3 Å². The number of ether oxygens (including phenoxy) is 1. The molecule has 0 saturated carbocycles. The number of carboxylic acid groups (broad SMARTS) is 1. The van der Waals surface area contributed by atoms with Gasteiger partial charge >= 0.3 is 5.97 Å². The van der Waals surface area contributed by atoms with Crippen molar-refractivity contribution in [3.63, 3.8) is 0 Å². The molecule has 4 rings (SSSR count). The van der Waals surface area contributed by atoms with Crippen LogP contribution in [0.15, 0.2) is 24.5 Å². The van der Waals surface area contributed by atoms with Gasteiger partial charge in [-0.3, -0.25) is 4.68 Å². The van der Waals surface area contributed by atoms with Crippen molar-refractivity contribution < 1.29 is 14.6 Å². The standard InChI is InChI=1S/C17H21N3O3S/c21-16(22)15-12-13-14(24-15)2-11-23-17(13)3-7-19(8-4-17)9-10-20-6-1-5-18-20/h1,5-6,12H,2-4,7-11H2,(H,21,22). The first-order chi connectivity index (χ1) is 11.7. The summed E-state index contributed by atoms with van der Waals surface area (Å²) in [5.74, 6) is -0.832. The summed E-state index contributed by atoms with van der Waals surface area (Å²) in [7, 11) is 0. The average molecular weight is 347 g/mol. The molecule has 0 aromatic carbocycles. The fourth-order valence-electron chi connectivity index (χ4n) is 3.75. The van der Waals surface area contributed by atoms with Crippen LogP contribution in [0.2, 0.25) is 0 Å². The van der Waals surface area contributed by atoms with Crippen molar-refractivity contribution >= 4 is 17.3 Å². The van der Waals surface area contributed by atoms with Gasteiger partial charge in [0, 0.05) is 43.3 Å². The third-order valence-corrected chi connectivity index (χ3v) is 6.27. The quantitative estimate of drug-likeness (QED) is 0.918. The molecule has 1 N–H and O–H groups in total. The Hall–Kier alpha value is -1.70. The molecular weight excluding hydrogens is 326 g/mol. The average Bonchev–Trinajstić information content (AvgIpc) is 3.24. The highest BCUT2D eigenvalue weighted by Gasteiger charge is 2.42. The summed E-state index contributed by atoms with van der Waals surface area (Å²) >= 11 is 1.42. The number of hydrogen-bond donors (Lipinski definition) is 1. The SMILES string of the molecule is O=C(O)c1cc2c(s1)CCOC21CCN(CCn2cccn2)CC1. The van der Waals surface area contributed by atoms with Crippen molar-refractivity contribution in [2.75, 3.05) is 26.2 Å². The first kappa shape index (κ1) is 15.8. The van der Waals surface area contributed by atoms with E-state index in [2.05, 4.69) is 10.00 Å². The molecule has 0 amide bonds. The largest absolute Gasteiger partial charge is 0.477 e. The van der Waals surface area contributed by atoms with E-state index in [1.165, 1.54) is 16.2 Å². The van der Waals surface area contributed by atoms with E-state index < -0.39 is 5.97 Å². The Bertz CT molecular complexity index is 718. The van der Waals surface area contributed by atoms with Crippen LogP contribution in [0.4, 0.5) is 0 Å². The van der Waals surface area contributed by atoms with E-state index in [-0.39, 0.29) is 5.60 Å². The molecule has 1 saturated heterocycles. The number of aromatic carboxylic acids is 1. The summed E-state index contributed by atoms with van der Waals surface area (Å²) in [6.07, 6.45) is 6.47. The maximum Gasteiger partial charge on any atom is 0.345 e. The van der Waals surface area contributed by atoms with E-state index in [4.69, 9.17) is 4.74 Å². The number of likely N-dealkylation sites (tertiary alicyclic amines) is 1. The molecule has 2 aromatic heterocycles. The van der Waals surface area contributed by atoms with Crippen molar-refractivity contribution in [3.8, 4) is 0 Å². The van der Waals surface area contributed by atoms with Gasteiger partial charge < -0.3 is 14.7 Å². The molecule has 1 fully saturated rings. The number of hydrogen-bond acceptors (Lipinski definition) is 5. The number of carbonyl (C=O) groups is 1. The van der Waals surface area contributed by atoms with E-state index in [0.717, 1.165) is 51.0 Å². The topological polar surface area (TPSA) is 67.6 Å². The van der Waals surface area contributed by atoms with Crippen LogP contribution in [0.25, 0.3) is 0 Å². The highest BCUT2D eigenvalue weighted by atomic mass is 32.1. The Morgan fingerprint density at radius 2 is 2.21 bits per heavy atom. The van der Waals surface area contributed by atoms with Crippen LogP contribution in [0.3, 0.4) is 0 Å². The van der Waals surface area contributed by atoms with Gasteiger partial charge in [0.05, 0.1) is 18.8 Å². The van der Waals surface area contributed by atoms with Crippen LogP contribution in [0.1, 0.15) is 33.0 Å². The number of piperidine rings is 1. The van der Waals surface area contributed by atoms with Crippen LogP contribution < -0.4 is 0 Å². The molecule has 2 aliphatic heterocycles. The monoisotopic (exact) mass is 347 g/mol. The molecule has 0 unspecified atom stereocenters. The first-order valence-electron chi connectivity index (χ1n) is 8.36. The lowest BCUT2D eigenvalue weighted by atomic mass is 9.82. The molecule has 0 radical (unpaired) electrons. The van der Waals surface area contributed by atoms with Crippen molar-refractivity contribution in [1.82, 2.24) is 14.7 Å². The van der Waals surface area contributed by atoms with Gasteiger partial charge in [0.25, 0.3) is 0 Å². The third kappa shape index (κ3) is 2.87. The van der Waals surface area contributed by atoms with Gasteiger partial charge in [-0.05, 0) is 30.5 Å². The molecular formula is C17H21N3O3S. The molecule has 2 aliphatic rings. The number of fused-ring (bicyclic) bond motifs is 2. The summed E-state index contributed by atoms with van der Waals surface area (Å²) in [5, 5.41) is 13.5. The lowest BCUT2D eigenvalue weighted by Gasteiger charge is -2.44. The Kier molecular flexibility index (Phi) is 4.15. The minimum Gasteiger partial charge on any atom is -0.477 e. The number of rotatable bonds is 4. The smallest absolute Gasteiger partial charge is 0.345 e. The van der Waals surface area contributed by atoms with Crippen LogP contribution in [0.5, 0.6) is 0 Å². The lowest BCUT2D eigenvalue weighted by molar-refractivity contribution is -0.0973. The van der Waals surface area contributed by atoms with Gasteiger partial charge in [0.15, 0.2) is 0 Å². The Labute approximate surface area is 144 Å². The maximum absolute atomic E-state index is 11.3. The van der Waals surface area contributed by atoms with E-state index in [1.807, 2.05) is 23.0 Å². The molecule has 6 nitrogen and oxygen atoms in total. The zero-order valence-corrected chi connectivity index (χ0v) is 14.3. The number of nitrogens with zero attached hydrogens (tertiary/aromatic N) is 3. The summed E-state index contributed by atoms with van der Waals surface area (Å²) < 4.78 is 8.15. The summed E-state index contributed by atoms with van der Waals surface area (Å²) in [6, 6.07) is 3.79. The van der Waals surface area contributed by atoms with Crippen molar-refractivity contribution in [2.45, 2.75) is 31.4 Å². The minimum absolute atomic E-state index is 0.278. The second kappa shape index (κ2) is 6.31. The van der Waals surface area contributed by atoms with Crippen LogP contribution in [0, 0.1) is 0 Å². The van der Waals surface area contributed by atoms with E-state index in [9.17, 15) is 9.90 Å². The molecule has 1 spiro atoms. The molecule has 0 bridgehead atoms. The first-order valence-corrected chi connectivity index (χ1v) is 9.18. The second-order valence-corrected chi connectivity index (χ2v) is 7.59. The van der Waals surface area contributed by atoms with Crippen molar-refractivity contribution in [3.05, 3.63) is 39.8 Å². The van der Waals surface area contributed by atoms with Crippen LogP contribution in [-0.2, 0) is 23.3 Å². The van der Waals surface area contributed by atoms with Gasteiger partial charge in [0.1, 0.15) is 4.88 Å². The molecule has 2 aromatic rings. The van der Waals surface area contributed by atoms with Gasteiger partial charge in [-0.25, -0.2) is 4.79 Å². The maximum atomic E-state index is 11.3. The molecule has 0 atom stereocenters. The van der Waals surface area contributed by atoms with Gasteiger partial charge in [-0.1, -0.05) is 0 Å². The molecule has 128 valence electrons. The Morgan fingerprint density at radius 3 is 2.92 bits per heavy atom. The highest BCUT2D eigenvalue weighted by molar-refractivity contribution is 7.14. The third-order valence-electron chi connectivity index (χ3n) is 5.09. The number of thiophene rings is 1. The summed E-state index contributed by atoms with van der Waals surface area (Å²) in [4.78, 5) is 15.4. The fraction of sp³-hybridized carbons (Fsp3) is 0.529. The Balaban J connectivity index is 1.44. The zero-order chi connectivity index (χ0) is 16.6. The van der Waals surface area contributed by atoms with Crippen molar-refractivity contribution in [2.24, 2.45) is 0 Å². The van der Waals surface area contributed by atoms with Gasteiger partial charge in [0.2, 0.25) is 0 Å². The van der Waals surface area contributed by atoms with E-state index in [1.54, 1.807) is 6.20 Å². The number of aromatic nitrogens is 2. The van der Waals surface area contributed by atoms with Gasteiger partial charge in [-0.2, -0.15) is 5.10 Å². The summed E-state index contributed by atoms with van der Waals surface area (Å²) in [6.45, 7) is 4.51. The molecule has 4 heterocycles. The highest BCUT2D eigenvalue weighted by Crippen LogP contribution is 2.44. The van der Waals surface area contributed by atoms with E-state index >= 15 is 0 Å². The van der Waals surface area contributed by atoms with E-state index in [0.29, 0.717) is 11.5 Å². The van der Waals surface area contributed by atoms with Crippen molar-refractivity contribution in [1.29, 1.82) is 0 Å². The van der Waals surface area contributed by atoms with Crippen LogP contribution in [-0.4, -0.2) is 52.0 Å². The Morgan fingerprint density at radius 1 is 1.38 bits per heavy atom. The number of carboxylic acids is 1. The molecule has 7 heteroatoms. The molecule has 24 heavy (non-hydrogen) atoms. The predicted octanol–water partition coefficient (Wildman–Crippen LogP) is 2.21. The second-order valence-electron chi connectivity index (χ2n) is 6.46. The predicted molar refractivity (Wildman–Crippen MR) is 90.5 cm³/mol. The summed E-state index contributed by atoms with van der Waals surface area (Å²) in [5.41, 5.74) is 0.850. The normalized spacial score (nSPS) is 20.2. The minimum atomic E-state index is -0.832. The van der Waals surface area contributed by atoms with Gasteiger partial charge in [-0.15, -0.1) is 11.3 Å².